The third-order valence-electron chi connectivity index (χ3n) is 2.79. The van der Waals surface area contributed by atoms with Crippen LogP contribution in [0, 0.1) is 0 Å². The molecule has 0 aliphatic carbocycles. The average molecular weight is 271 g/mol. The van der Waals surface area contributed by atoms with Crippen LogP contribution in [0.2, 0.25) is 0 Å². The maximum Gasteiger partial charge on any atom is 0.252 e. The zero-order chi connectivity index (χ0) is 14.0. The van der Waals surface area contributed by atoms with Gasteiger partial charge >= 0.3 is 0 Å². The van der Waals surface area contributed by atoms with Gasteiger partial charge in [0.15, 0.2) is 9.84 Å². The third-order valence-corrected chi connectivity index (χ3v) is 4.95. The highest BCUT2D eigenvalue weighted by atomic mass is 32.2. The first-order valence-corrected chi connectivity index (χ1v) is 7.21. The Morgan fingerprint density at radius 2 is 2.11 bits per heavy atom. The summed E-state index contributed by atoms with van der Waals surface area (Å²) >= 11 is 0. The number of pyridine rings is 1. The lowest BCUT2D eigenvalue weighted by Crippen LogP contribution is -2.38. The molecule has 0 bridgehead atoms. The van der Waals surface area contributed by atoms with Crippen molar-refractivity contribution < 1.29 is 13.2 Å². The monoisotopic (exact) mass is 271 g/mol. The Morgan fingerprint density at radius 3 is 2.61 bits per heavy atom. The lowest BCUT2D eigenvalue weighted by Gasteiger charge is -2.23. The van der Waals surface area contributed by atoms with E-state index in [1.165, 1.54) is 18.6 Å². The number of aromatic nitrogens is 1. The molecule has 0 saturated carbocycles. The van der Waals surface area contributed by atoms with Gasteiger partial charge in [-0.25, -0.2) is 8.42 Å². The van der Waals surface area contributed by atoms with Gasteiger partial charge < -0.3 is 11.1 Å². The predicted octanol–water partition coefficient (Wildman–Crippen LogP) is 0.416. The number of anilines is 1. The highest BCUT2D eigenvalue weighted by Gasteiger charge is 2.30. The Bertz CT molecular complexity index is 552. The van der Waals surface area contributed by atoms with Crippen LogP contribution >= 0.6 is 0 Å². The number of primary amides is 1. The van der Waals surface area contributed by atoms with Crippen LogP contribution in [0.4, 0.5) is 5.69 Å². The third kappa shape index (κ3) is 3.19. The minimum absolute atomic E-state index is 0.177. The van der Waals surface area contributed by atoms with Gasteiger partial charge in [0.05, 0.1) is 16.0 Å². The van der Waals surface area contributed by atoms with E-state index in [0.717, 1.165) is 0 Å². The first kappa shape index (κ1) is 14.4. The van der Waals surface area contributed by atoms with Gasteiger partial charge in [-0.1, -0.05) is 0 Å². The van der Waals surface area contributed by atoms with E-state index in [2.05, 4.69) is 10.3 Å². The molecule has 0 fully saturated rings. The topological polar surface area (TPSA) is 102 Å². The summed E-state index contributed by atoms with van der Waals surface area (Å²) in [6, 6.07) is 1.58. The van der Waals surface area contributed by atoms with E-state index >= 15 is 0 Å². The van der Waals surface area contributed by atoms with Crippen molar-refractivity contribution in [3.63, 3.8) is 0 Å². The number of hydrogen-bond donors (Lipinski definition) is 2. The summed E-state index contributed by atoms with van der Waals surface area (Å²) in [6.07, 6.45) is 4.02. The van der Waals surface area contributed by atoms with E-state index in [9.17, 15) is 13.2 Å². The lowest BCUT2D eigenvalue weighted by atomic mass is 10.2. The molecule has 0 spiro atoms. The van der Waals surface area contributed by atoms with Crippen LogP contribution in [0.15, 0.2) is 18.5 Å². The molecule has 3 N–H and O–H groups in total. The molecule has 0 unspecified atom stereocenters. The molecular formula is C11H17N3O3S. The fourth-order valence-corrected chi connectivity index (χ4v) is 1.52. The van der Waals surface area contributed by atoms with Crippen LogP contribution in [0.1, 0.15) is 24.2 Å². The Balaban J connectivity index is 2.91. The Morgan fingerprint density at radius 1 is 1.50 bits per heavy atom. The molecule has 1 aromatic heterocycles. The van der Waals surface area contributed by atoms with Crippen LogP contribution in [0.5, 0.6) is 0 Å². The first-order chi connectivity index (χ1) is 8.15. The minimum atomic E-state index is -3.20. The summed E-state index contributed by atoms with van der Waals surface area (Å²) < 4.78 is 22.2. The van der Waals surface area contributed by atoms with Gasteiger partial charge in [0.25, 0.3) is 5.91 Å². The first-order valence-electron chi connectivity index (χ1n) is 5.32. The van der Waals surface area contributed by atoms with Crippen LogP contribution in [0.25, 0.3) is 0 Å². The molecule has 0 aliphatic heterocycles. The smallest absolute Gasteiger partial charge is 0.252 e. The predicted molar refractivity (Wildman–Crippen MR) is 70.2 cm³/mol. The normalized spacial score (nSPS) is 12.2. The van der Waals surface area contributed by atoms with Crippen molar-refractivity contribution in [3.05, 3.63) is 24.0 Å². The molecule has 6 nitrogen and oxygen atoms in total. The Hall–Kier alpha value is -1.63. The molecule has 0 saturated heterocycles. The maximum absolute atomic E-state index is 11.5. The van der Waals surface area contributed by atoms with E-state index < -0.39 is 20.5 Å². The summed E-state index contributed by atoms with van der Waals surface area (Å²) in [5.41, 5.74) is 5.92. The zero-order valence-electron chi connectivity index (χ0n) is 10.6. The maximum atomic E-state index is 11.5. The van der Waals surface area contributed by atoms with Crippen LogP contribution in [-0.4, -0.2) is 36.9 Å². The second-order valence-corrected chi connectivity index (χ2v) is 7.32. The zero-order valence-corrected chi connectivity index (χ0v) is 11.4. The van der Waals surface area contributed by atoms with Gasteiger partial charge in [0.1, 0.15) is 0 Å². The molecular weight excluding hydrogens is 254 g/mol. The number of rotatable bonds is 5. The van der Waals surface area contributed by atoms with E-state index in [-0.39, 0.29) is 12.1 Å². The molecule has 0 aromatic carbocycles. The second kappa shape index (κ2) is 4.93. The van der Waals surface area contributed by atoms with Gasteiger partial charge in [-0.2, -0.15) is 0 Å². The quantitative estimate of drug-likeness (QED) is 0.807. The largest absolute Gasteiger partial charge is 0.383 e. The second-order valence-electron chi connectivity index (χ2n) is 4.67. The van der Waals surface area contributed by atoms with Crippen molar-refractivity contribution in [2.45, 2.75) is 18.6 Å². The Labute approximate surface area is 107 Å². The lowest BCUT2D eigenvalue weighted by molar-refractivity contribution is 0.100. The SMILES string of the molecule is CC(C)(CNc1ccncc1C(N)=O)S(C)(=O)=O. The van der Waals surface area contributed by atoms with Crippen molar-refractivity contribution in [3.8, 4) is 0 Å². The van der Waals surface area contributed by atoms with Crippen LogP contribution in [-0.2, 0) is 9.84 Å². The summed E-state index contributed by atoms with van der Waals surface area (Å²) in [4.78, 5) is 15.0. The minimum Gasteiger partial charge on any atom is -0.383 e. The number of nitrogens with one attached hydrogen (secondary N) is 1. The number of nitrogens with zero attached hydrogens (tertiary/aromatic N) is 1. The molecule has 18 heavy (non-hydrogen) atoms. The van der Waals surface area contributed by atoms with Crippen molar-refractivity contribution in [1.29, 1.82) is 0 Å². The van der Waals surface area contributed by atoms with E-state index in [0.29, 0.717) is 5.69 Å². The highest BCUT2D eigenvalue weighted by molar-refractivity contribution is 7.92. The summed E-state index contributed by atoms with van der Waals surface area (Å²) in [5, 5.41) is 2.92. The molecule has 1 aromatic rings. The van der Waals surface area contributed by atoms with E-state index in [1.807, 2.05) is 0 Å². The Kier molecular flexibility index (Phi) is 3.95. The van der Waals surface area contributed by atoms with Crippen molar-refractivity contribution >= 4 is 21.4 Å². The number of hydrogen-bond acceptors (Lipinski definition) is 5. The van der Waals surface area contributed by atoms with Crippen molar-refractivity contribution in [2.24, 2.45) is 5.73 Å². The standard InChI is InChI=1S/C11H17N3O3S/c1-11(2,18(3,16)17)7-14-9-4-5-13-6-8(9)10(12)15/h4-6H,7H2,1-3H3,(H2,12,15)(H,13,14). The number of nitrogens with two attached hydrogens (primary N) is 1. The number of amides is 1. The molecule has 7 heteroatoms. The molecule has 0 radical (unpaired) electrons. The fraction of sp³-hybridized carbons (Fsp3) is 0.455. The van der Waals surface area contributed by atoms with E-state index in [1.54, 1.807) is 19.9 Å². The summed E-state index contributed by atoms with van der Waals surface area (Å²) in [6.45, 7) is 3.40. The molecule has 100 valence electrons. The van der Waals surface area contributed by atoms with E-state index in [4.69, 9.17) is 5.73 Å². The summed E-state index contributed by atoms with van der Waals surface area (Å²) in [7, 11) is -3.20. The number of sulfone groups is 1. The van der Waals surface area contributed by atoms with Crippen LogP contribution < -0.4 is 11.1 Å². The van der Waals surface area contributed by atoms with Crippen molar-refractivity contribution in [2.75, 3.05) is 18.1 Å². The van der Waals surface area contributed by atoms with Gasteiger partial charge in [0.2, 0.25) is 0 Å². The van der Waals surface area contributed by atoms with Gasteiger partial charge in [-0.15, -0.1) is 0 Å². The van der Waals surface area contributed by atoms with Gasteiger partial charge in [0, 0.05) is 25.2 Å². The number of carbonyl (C=O) groups is 1. The van der Waals surface area contributed by atoms with Crippen LogP contribution in [0.3, 0.4) is 0 Å². The summed E-state index contributed by atoms with van der Waals surface area (Å²) in [5.74, 6) is -0.609. The molecule has 0 atom stereocenters. The number of carbonyl (C=O) groups excluding carboxylic acids is 1. The van der Waals surface area contributed by atoms with Gasteiger partial charge in [-0.3, -0.25) is 9.78 Å². The fourth-order valence-electron chi connectivity index (χ4n) is 1.18. The molecule has 0 aliphatic rings. The molecule has 1 heterocycles. The average Bonchev–Trinajstić information content (AvgIpc) is 2.25. The van der Waals surface area contributed by atoms with Crippen molar-refractivity contribution in [1.82, 2.24) is 4.98 Å². The molecule has 1 rings (SSSR count). The van der Waals surface area contributed by atoms with Gasteiger partial charge in [-0.05, 0) is 19.9 Å². The highest BCUT2D eigenvalue weighted by Crippen LogP contribution is 2.18. The molecule has 1 amide bonds.